The molecule has 2 aromatic carbocycles. The van der Waals surface area contributed by atoms with Crippen molar-refractivity contribution in [1.82, 2.24) is 14.7 Å². The smallest absolute Gasteiger partial charge is 0.254 e. The molecule has 1 fully saturated rings. The zero-order valence-corrected chi connectivity index (χ0v) is 18.2. The van der Waals surface area contributed by atoms with Crippen LogP contribution in [-0.2, 0) is 13.5 Å². The van der Waals surface area contributed by atoms with Crippen molar-refractivity contribution in [2.45, 2.75) is 37.8 Å². The number of aromatic nitrogens is 2. The molecule has 0 saturated carbocycles. The number of hydrogen-bond donors (Lipinski definition) is 0. The van der Waals surface area contributed by atoms with Crippen LogP contribution in [-0.4, -0.2) is 39.9 Å². The third-order valence-electron chi connectivity index (χ3n) is 6.47. The molecule has 3 heterocycles. The van der Waals surface area contributed by atoms with Gasteiger partial charge in [-0.25, -0.2) is 13.2 Å². The number of carbonyl (C=O) groups excluding carboxylic acids is 1. The molecule has 5 rings (SSSR count). The van der Waals surface area contributed by atoms with Crippen molar-refractivity contribution in [3.05, 3.63) is 70.9 Å². The molecule has 0 unspecified atom stereocenters. The van der Waals surface area contributed by atoms with E-state index in [4.69, 9.17) is 9.84 Å². The number of carbonyl (C=O) groups is 1. The number of piperidine rings is 1. The fraction of sp³-hybridized carbons (Fsp3) is 0.360. The van der Waals surface area contributed by atoms with Crippen LogP contribution in [0, 0.1) is 11.6 Å². The van der Waals surface area contributed by atoms with Crippen molar-refractivity contribution < 1.29 is 22.7 Å². The minimum atomic E-state index is -0.636. The summed E-state index contributed by atoms with van der Waals surface area (Å²) in [6.45, 7) is -0.665. The molecule has 3 aromatic rings. The molecule has 0 N–H and O–H groups in total. The maximum atomic E-state index is 13.9. The maximum Gasteiger partial charge on any atom is 0.254 e. The molecular formula is C25H24F3N3O2. The summed E-state index contributed by atoms with van der Waals surface area (Å²) in [6, 6.07) is 10.0. The lowest BCUT2D eigenvalue weighted by atomic mass is 9.81. The highest BCUT2D eigenvalue weighted by Gasteiger charge is 2.43. The van der Waals surface area contributed by atoms with Crippen LogP contribution in [0.4, 0.5) is 13.2 Å². The van der Waals surface area contributed by atoms with Crippen molar-refractivity contribution >= 4 is 5.91 Å². The van der Waals surface area contributed by atoms with Crippen LogP contribution in [0.5, 0.6) is 5.75 Å². The summed E-state index contributed by atoms with van der Waals surface area (Å²) in [4.78, 5) is 15.5. The zero-order valence-electron chi connectivity index (χ0n) is 18.2. The Morgan fingerprint density at radius 2 is 1.94 bits per heavy atom. The lowest BCUT2D eigenvalue weighted by Gasteiger charge is -2.45. The molecule has 1 amide bonds. The van der Waals surface area contributed by atoms with Gasteiger partial charge in [-0.15, -0.1) is 0 Å². The van der Waals surface area contributed by atoms with Crippen LogP contribution in [0.25, 0.3) is 11.3 Å². The summed E-state index contributed by atoms with van der Waals surface area (Å²) < 4.78 is 47.3. The number of nitrogens with zero attached hydrogens (tertiary/aromatic N) is 3. The molecule has 2 atom stereocenters. The lowest BCUT2D eigenvalue weighted by Crippen LogP contribution is -2.49. The SMILES string of the molecule is Cn1nc2c(c1-c1cc(F)cc(F)c1)C[C@@H]1CCC[C@H]2N1C(=O)c1cccc(OCCF)c1. The largest absolute Gasteiger partial charge is 0.491 e. The Morgan fingerprint density at radius 1 is 1.15 bits per heavy atom. The molecule has 8 heteroatoms. The molecule has 0 aliphatic carbocycles. The van der Waals surface area contributed by atoms with E-state index >= 15 is 0 Å². The van der Waals surface area contributed by atoms with Crippen molar-refractivity contribution in [3.63, 3.8) is 0 Å². The van der Waals surface area contributed by atoms with Crippen molar-refractivity contribution in [1.29, 1.82) is 0 Å². The molecule has 5 nitrogen and oxygen atoms in total. The van der Waals surface area contributed by atoms with Crippen LogP contribution >= 0.6 is 0 Å². The number of alkyl halides is 1. The number of hydrogen-bond acceptors (Lipinski definition) is 3. The second-order valence-electron chi connectivity index (χ2n) is 8.58. The normalized spacial score (nSPS) is 19.3. The average Bonchev–Trinajstić information content (AvgIpc) is 3.12. The van der Waals surface area contributed by atoms with E-state index in [2.05, 4.69) is 0 Å². The van der Waals surface area contributed by atoms with Gasteiger partial charge >= 0.3 is 0 Å². The van der Waals surface area contributed by atoms with Gasteiger partial charge in [0.25, 0.3) is 5.91 Å². The summed E-state index contributed by atoms with van der Waals surface area (Å²) in [5.41, 5.74) is 3.34. The van der Waals surface area contributed by atoms with Crippen LogP contribution in [0.3, 0.4) is 0 Å². The maximum absolute atomic E-state index is 13.9. The summed E-state index contributed by atoms with van der Waals surface area (Å²) in [7, 11) is 1.76. The molecule has 2 aliphatic heterocycles. The highest BCUT2D eigenvalue weighted by Crippen LogP contribution is 2.45. The molecule has 172 valence electrons. The van der Waals surface area contributed by atoms with Gasteiger partial charge in [-0.3, -0.25) is 9.48 Å². The Bertz CT molecular complexity index is 1190. The van der Waals surface area contributed by atoms with E-state index in [1.807, 2.05) is 4.90 Å². The summed E-state index contributed by atoms with van der Waals surface area (Å²) in [5.74, 6) is -0.940. The van der Waals surface area contributed by atoms with Crippen LogP contribution in [0.15, 0.2) is 42.5 Å². The second-order valence-corrected chi connectivity index (χ2v) is 8.58. The third kappa shape index (κ3) is 3.87. The van der Waals surface area contributed by atoms with Crippen molar-refractivity contribution in [3.8, 4) is 17.0 Å². The van der Waals surface area contributed by atoms with E-state index in [1.165, 1.54) is 12.1 Å². The van der Waals surface area contributed by atoms with E-state index in [0.717, 1.165) is 36.6 Å². The zero-order chi connectivity index (χ0) is 23.1. The second kappa shape index (κ2) is 8.57. The van der Waals surface area contributed by atoms with E-state index in [0.29, 0.717) is 29.0 Å². The number of benzene rings is 2. The van der Waals surface area contributed by atoms with Gasteiger partial charge in [-0.2, -0.15) is 5.10 Å². The highest BCUT2D eigenvalue weighted by atomic mass is 19.1. The molecule has 1 saturated heterocycles. The summed E-state index contributed by atoms with van der Waals surface area (Å²) in [6.07, 6.45) is 3.14. The third-order valence-corrected chi connectivity index (χ3v) is 6.47. The van der Waals surface area contributed by atoms with E-state index in [9.17, 15) is 18.0 Å². The van der Waals surface area contributed by atoms with Crippen LogP contribution < -0.4 is 4.74 Å². The Balaban J connectivity index is 1.52. The first-order chi connectivity index (χ1) is 16.0. The summed E-state index contributed by atoms with van der Waals surface area (Å²) >= 11 is 0. The minimum absolute atomic E-state index is 0.0412. The number of rotatable bonds is 5. The first-order valence-corrected chi connectivity index (χ1v) is 11.1. The Kier molecular flexibility index (Phi) is 5.60. The topological polar surface area (TPSA) is 47.4 Å². The van der Waals surface area contributed by atoms with Gasteiger partial charge < -0.3 is 9.64 Å². The van der Waals surface area contributed by atoms with E-state index < -0.39 is 18.3 Å². The number of ether oxygens (including phenoxy) is 1. The quantitative estimate of drug-likeness (QED) is 0.544. The first kappa shape index (κ1) is 21.6. The number of amides is 1. The fourth-order valence-corrected chi connectivity index (χ4v) is 5.22. The molecule has 33 heavy (non-hydrogen) atoms. The molecule has 2 bridgehead atoms. The molecule has 0 radical (unpaired) electrons. The predicted molar refractivity (Wildman–Crippen MR) is 117 cm³/mol. The number of fused-ring (bicyclic) bond motifs is 4. The Labute approximate surface area is 189 Å². The van der Waals surface area contributed by atoms with Crippen LogP contribution in [0.2, 0.25) is 0 Å². The van der Waals surface area contributed by atoms with Gasteiger partial charge in [0.05, 0.1) is 17.4 Å². The number of halogens is 3. The van der Waals surface area contributed by atoms with E-state index in [-0.39, 0.29) is 24.6 Å². The Morgan fingerprint density at radius 3 is 2.70 bits per heavy atom. The van der Waals surface area contributed by atoms with Gasteiger partial charge in [0.2, 0.25) is 0 Å². The van der Waals surface area contributed by atoms with Gasteiger partial charge in [-0.05, 0) is 56.0 Å². The molecule has 0 spiro atoms. The van der Waals surface area contributed by atoms with Gasteiger partial charge in [0.1, 0.15) is 30.7 Å². The Hall–Kier alpha value is -3.29. The average molecular weight is 455 g/mol. The molecule has 1 aromatic heterocycles. The van der Waals surface area contributed by atoms with Gasteiger partial charge in [0.15, 0.2) is 0 Å². The first-order valence-electron chi connectivity index (χ1n) is 11.1. The minimum Gasteiger partial charge on any atom is -0.491 e. The summed E-state index contributed by atoms with van der Waals surface area (Å²) in [5, 5.41) is 4.70. The standard InChI is InChI=1S/C25H24F3N3O2/c1-30-24(16-10-17(27)13-18(28)11-16)21-14-19-5-3-7-22(23(21)29-30)31(19)25(32)15-4-2-6-20(12-15)33-9-8-26/h2,4,6,10-13,19,22H,3,5,7-9,14H2,1H3/t19-,22+/m0/s1. The lowest BCUT2D eigenvalue weighted by molar-refractivity contribution is 0.0391. The van der Waals surface area contributed by atoms with Crippen molar-refractivity contribution in [2.24, 2.45) is 7.05 Å². The monoisotopic (exact) mass is 455 g/mol. The van der Waals surface area contributed by atoms with Crippen LogP contribution in [0.1, 0.15) is 46.9 Å². The van der Waals surface area contributed by atoms with Crippen molar-refractivity contribution in [2.75, 3.05) is 13.3 Å². The number of aryl methyl sites for hydroxylation is 1. The predicted octanol–water partition coefficient (Wildman–Crippen LogP) is 5.01. The molecule has 2 aliphatic rings. The molecular weight excluding hydrogens is 431 g/mol. The van der Waals surface area contributed by atoms with Gasteiger partial charge in [-0.1, -0.05) is 6.07 Å². The fourth-order valence-electron chi connectivity index (χ4n) is 5.22. The van der Waals surface area contributed by atoms with Gasteiger partial charge in [0, 0.05) is 35.8 Å². The highest BCUT2D eigenvalue weighted by molar-refractivity contribution is 5.95. The van der Waals surface area contributed by atoms with E-state index in [1.54, 1.807) is 36.0 Å².